The first-order valence-corrected chi connectivity index (χ1v) is 8.15. The van der Waals surface area contributed by atoms with Crippen LogP contribution < -0.4 is 11.0 Å². The first kappa shape index (κ1) is 13.0. The van der Waals surface area contributed by atoms with Crippen LogP contribution in [-0.2, 0) is 6.42 Å². The molecule has 3 N–H and O–H groups in total. The van der Waals surface area contributed by atoms with E-state index < -0.39 is 0 Å². The number of aromatic amines is 2. The lowest BCUT2D eigenvalue weighted by Gasteiger charge is -2.24. The number of imidazole rings is 1. The maximum Gasteiger partial charge on any atom is 0.323 e. The van der Waals surface area contributed by atoms with Gasteiger partial charge in [-0.05, 0) is 49.1 Å². The van der Waals surface area contributed by atoms with Crippen LogP contribution in [0.5, 0.6) is 0 Å². The van der Waals surface area contributed by atoms with Crippen molar-refractivity contribution in [2.24, 2.45) is 0 Å². The summed E-state index contributed by atoms with van der Waals surface area (Å²) in [6.07, 6.45) is 3.39. The van der Waals surface area contributed by atoms with Crippen molar-refractivity contribution in [3.05, 3.63) is 49.5 Å². The molecule has 108 valence electrons. The van der Waals surface area contributed by atoms with Crippen LogP contribution in [0, 0.1) is 0 Å². The maximum atomic E-state index is 11.3. The number of hydrogen-bond acceptors (Lipinski definition) is 3. The van der Waals surface area contributed by atoms with E-state index in [9.17, 15) is 4.79 Å². The summed E-state index contributed by atoms with van der Waals surface area (Å²) >= 11 is 7.83. The van der Waals surface area contributed by atoms with Crippen LogP contribution in [0.3, 0.4) is 0 Å². The second kappa shape index (κ2) is 4.93. The molecule has 0 saturated heterocycles. The molecule has 0 amide bonds. The van der Waals surface area contributed by atoms with Crippen LogP contribution in [0.25, 0.3) is 11.0 Å². The highest BCUT2D eigenvalue weighted by Gasteiger charge is 2.22. The highest BCUT2D eigenvalue weighted by Crippen LogP contribution is 2.39. The molecule has 3 aromatic rings. The Morgan fingerprint density at radius 2 is 2.10 bits per heavy atom. The SMILES string of the molecule is O=c1[nH]c2ccc(NC3CCCc4sc(Cl)cc43)cc2[nH]1. The molecule has 0 radical (unpaired) electrons. The van der Waals surface area contributed by atoms with Gasteiger partial charge in [0.05, 0.1) is 21.4 Å². The average Bonchev–Trinajstić information content (AvgIpc) is 2.99. The second-order valence-electron chi connectivity index (χ2n) is 5.36. The molecule has 0 aliphatic heterocycles. The minimum absolute atomic E-state index is 0.174. The van der Waals surface area contributed by atoms with Gasteiger partial charge in [0, 0.05) is 10.6 Å². The molecular weight excluding hydrogens is 306 g/mol. The van der Waals surface area contributed by atoms with Gasteiger partial charge in [0.1, 0.15) is 0 Å². The fourth-order valence-corrected chi connectivity index (χ4v) is 4.38. The Kier molecular flexibility index (Phi) is 3.05. The number of halogens is 1. The molecule has 0 fully saturated rings. The topological polar surface area (TPSA) is 60.7 Å². The number of aromatic nitrogens is 2. The van der Waals surface area contributed by atoms with E-state index in [1.807, 2.05) is 18.2 Å². The van der Waals surface area contributed by atoms with Crippen molar-refractivity contribution in [3.63, 3.8) is 0 Å². The molecule has 2 aromatic heterocycles. The lowest BCUT2D eigenvalue weighted by Crippen LogP contribution is -2.15. The van der Waals surface area contributed by atoms with Crippen LogP contribution in [0.1, 0.15) is 29.3 Å². The Morgan fingerprint density at radius 1 is 1.24 bits per heavy atom. The van der Waals surface area contributed by atoms with Crippen molar-refractivity contribution >= 4 is 39.7 Å². The summed E-state index contributed by atoms with van der Waals surface area (Å²) in [6, 6.07) is 8.25. The summed E-state index contributed by atoms with van der Waals surface area (Å²) in [5, 5.41) is 3.56. The van der Waals surface area contributed by atoms with Crippen molar-refractivity contribution in [3.8, 4) is 0 Å². The summed E-state index contributed by atoms with van der Waals surface area (Å²) < 4.78 is 0.860. The number of fused-ring (bicyclic) bond motifs is 2. The highest BCUT2D eigenvalue weighted by atomic mass is 35.5. The third-order valence-corrected chi connectivity index (χ3v) is 5.28. The van der Waals surface area contributed by atoms with Crippen molar-refractivity contribution < 1.29 is 0 Å². The average molecular weight is 320 g/mol. The van der Waals surface area contributed by atoms with Crippen molar-refractivity contribution in [1.82, 2.24) is 9.97 Å². The molecule has 0 spiro atoms. The number of aryl methyl sites for hydroxylation is 1. The molecule has 1 aliphatic rings. The normalized spacial score (nSPS) is 17.9. The molecular formula is C15H14ClN3OS. The molecule has 4 rings (SSSR count). The number of rotatable bonds is 2. The Morgan fingerprint density at radius 3 is 3.00 bits per heavy atom. The number of hydrogen-bond donors (Lipinski definition) is 3. The van der Waals surface area contributed by atoms with Crippen molar-refractivity contribution in [2.75, 3.05) is 5.32 Å². The first-order valence-electron chi connectivity index (χ1n) is 6.96. The van der Waals surface area contributed by atoms with Gasteiger partial charge in [0.25, 0.3) is 0 Å². The number of nitrogens with one attached hydrogen (secondary N) is 3. The number of thiophene rings is 1. The van der Waals surface area contributed by atoms with E-state index in [4.69, 9.17) is 11.6 Å². The Labute approximate surface area is 130 Å². The number of benzene rings is 1. The summed E-state index contributed by atoms with van der Waals surface area (Å²) in [7, 11) is 0. The molecule has 1 aromatic carbocycles. The van der Waals surface area contributed by atoms with E-state index in [0.29, 0.717) is 6.04 Å². The molecule has 1 atom stereocenters. The van der Waals surface area contributed by atoms with Crippen LogP contribution >= 0.6 is 22.9 Å². The molecule has 1 unspecified atom stereocenters. The fraction of sp³-hybridized carbons (Fsp3) is 0.267. The Balaban J connectivity index is 1.67. The zero-order valence-electron chi connectivity index (χ0n) is 11.2. The number of H-pyrrole nitrogens is 2. The molecule has 0 bridgehead atoms. The standard InChI is InChI=1S/C15H14ClN3OS/c16-14-7-9-10(2-1-3-13(9)21-14)17-8-4-5-11-12(6-8)19-15(20)18-11/h4-7,10,17H,1-3H2,(H2,18,19,20). The largest absolute Gasteiger partial charge is 0.378 e. The zero-order chi connectivity index (χ0) is 14.4. The molecule has 21 heavy (non-hydrogen) atoms. The predicted molar refractivity (Wildman–Crippen MR) is 87.6 cm³/mol. The van der Waals surface area contributed by atoms with Crippen molar-refractivity contribution in [2.45, 2.75) is 25.3 Å². The third kappa shape index (κ3) is 2.36. The van der Waals surface area contributed by atoms with Gasteiger partial charge in [-0.3, -0.25) is 0 Å². The highest BCUT2D eigenvalue weighted by molar-refractivity contribution is 7.16. The first-order chi connectivity index (χ1) is 10.2. The second-order valence-corrected chi connectivity index (χ2v) is 7.13. The number of anilines is 1. The maximum absolute atomic E-state index is 11.3. The van der Waals surface area contributed by atoms with E-state index in [1.165, 1.54) is 16.9 Å². The van der Waals surface area contributed by atoms with Gasteiger partial charge in [-0.15, -0.1) is 11.3 Å². The zero-order valence-corrected chi connectivity index (χ0v) is 12.8. The Bertz CT molecular complexity index is 863. The minimum Gasteiger partial charge on any atom is -0.378 e. The van der Waals surface area contributed by atoms with Gasteiger partial charge >= 0.3 is 5.69 Å². The van der Waals surface area contributed by atoms with E-state index in [0.717, 1.165) is 33.9 Å². The monoisotopic (exact) mass is 319 g/mol. The van der Waals surface area contributed by atoms with Crippen LogP contribution in [-0.4, -0.2) is 9.97 Å². The fourth-order valence-electron chi connectivity index (χ4n) is 2.99. The molecule has 6 heteroatoms. The van der Waals surface area contributed by atoms with E-state index in [2.05, 4.69) is 21.4 Å². The molecule has 1 aliphatic carbocycles. The molecule has 4 nitrogen and oxygen atoms in total. The quantitative estimate of drug-likeness (QED) is 0.667. The lowest BCUT2D eigenvalue weighted by atomic mass is 9.94. The van der Waals surface area contributed by atoms with Gasteiger partial charge in [0.2, 0.25) is 0 Å². The minimum atomic E-state index is -0.174. The van der Waals surface area contributed by atoms with E-state index in [1.54, 1.807) is 11.3 Å². The molecule has 2 heterocycles. The lowest BCUT2D eigenvalue weighted by molar-refractivity contribution is 0.609. The summed E-state index contributed by atoms with van der Waals surface area (Å²) in [5.41, 5.74) is 3.81. The summed E-state index contributed by atoms with van der Waals surface area (Å²) in [6.45, 7) is 0. The van der Waals surface area contributed by atoms with Crippen LogP contribution in [0.4, 0.5) is 5.69 Å². The van der Waals surface area contributed by atoms with E-state index >= 15 is 0 Å². The smallest absolute Gasteiger partial charge is 0.323 e. The van der Waals surface area contributed by atoms with E-state index in [-0.39, 0.29) is 5.69 Å². The van der Waals surface area contributed by atoms with Gasteiger partial charge in [-0.2, -0.15) is 0 Å². The van der Waals surface area contributed by atoms with Gasteiger partial charge in [-0.25, -0.2) is 4.79 Å². The van der Waals surface area contributed by atoms with Crippen molar-refractivity contribution in [1.29, 1.82) is 0 Å². The van der Waals surface area contributed by atoms with Gasteiger partial charge in [0.15, 0.2) is 0 Å². The predicted octanol–water partition coefficient (Wildman–Crippen LogP) is 4.06. The third-order valence-electron chi connectivity index (χ3n) is 3.94. The van der Waals surface area contributed by atoms with Gasteiger partial charge in [-0.1, -0.05) is 11.6 Å². The summed E-state index contributed by atoms with van der Waals surface area (Å²) in [5.74, 6) is 0. The van der Waals surface area contributed by atoms with Gasteiger partial charge < -0.3 is 15.3 Å². The van der Waals surface area contributed by atoms with Crippen LogP contribution in [0.15, 0.2) is 29.1 Å². The summed E-state index contributed by atoms with van der Waals surface area (Å²) in [4.78, 5) is 18.2. The Hall–Kier alpha value is -1.72. The molecule has 0 saturated carbocycles. The van der Waals surface area contributed by atoms with Crippen LogP contribution in [0.2, 0.25) is 4.34 Å².